The van der Waals surface area contributed by atoms with Gasteiger partial charge in [0.05, 0.1) is 13.4 Å². The quantitative estimate of drug-likeness (QED) is 0.918. The highest BCUT2D eigenvalue weighted by molar-refractivity contribution is 5.75. The van der Waals surface area contributed by atoms with E-state index in [2.05, 4.69) is 5.32 Å². The largest absolute Gasteiger partial charge is 0.496 e. The fourth-order valence-electron chi connectivity index (χ4n) is 1.58. The first kappa shape index (κ1) is 16.0. The van der Waals surface area contributed by atoms with Crippen molar-refractivity contribution in [3.05, 3.63) is 36.2 Å². The van der Waals surface area contributed by atoms with Gasteiger partial charge < -0.3 is 14.8 Å². The molecule has 0 atom stereocenters. The highest BCUT2D eigenvalue weighted by Crippen LogP contribution is 2.25. The lowest BCUT2D eigenvalue weighted by atomic mass is 10.1. The number of ether oxygens (including phenoxy) is 2. The fourth-order valence-corrected chi connectivity index (χ4v) is 1.58. The number of hydrogen-bond donors (Lipinski definition) is 1. The topological polar surface area (TPSA) is 47.6 Å². The van der Waals surface area contributed by atoms with E-state index in [0.717, 1.165) is 0 Å². The second kappa shape index (κ2) is 6.93. The Hall–Kier alpha value is -2.04. The normalized spacial score (nSPS) is 11.9. The lowest BCUT2D eigenvalue weighted by Crippen LogP contribution is -2.33. The van der Waals surface area contributed by atoms with Gasteiger partial charge in [0.25, 0.3) is 0 Å². The molecule has 0 heterocycles. The predicted octanol–water partition coefficient (Wildman–Crippen LogP) is 3.53. The van der Waals surface area contributed by atoms with Crippen LogP contribution in [0.15, 0.2) is 30.6 Å². The molecular weight excluding hydrogens is 261 g/mol. The van der Waals surface area contributed by atoms with Crippen molar-refractivity contribution in [3.63, 3.8) is 0 Å². The highest BCUT2D eigenvalue weighted by Gasteiger charge is 2.17. The summed E-state index contributed by atoms with van der Waals surface area (Å²) in [5, 5.41) is 2.52. The first-order valence-electron chi connectivity index (χ1n) is 6.27. The first-order valence-corrected chi connectivity index (χ1v) is 6.27. The molecule has 0 aliphatic heterocycles. The third kappa shape index (κ3) is 4.91. The number of methoxy groups -OCH3 is 1. The third-order valence-corrected chi connectivity index (χ3v) is 2.41. The Kier molecular flexibility index (Phi) is 5.55. The molecule has 1 aromatic rings. The van der Waals surface area contributed by atoms with Gasteiger partial charge in [-0.05, 0) is 26.8 Å². The molecule has 1 aromatic carbocycles. The highest BCUT2D eigenvalue weighted by atomic mass is 19.1. The average molecular weight is 281 g/mol. The lowest BCUT2D eigenvalue weighted by Gasteiger charge is -2.20. The van der Waals surface area contributed by atoms with Crippen LogP contribution in [-0.4, -0.2) is 25.3 Å². The summed E-state index contributed by atoms with van der Waals surface area (Å²) in [6.07, 6.45) is -0.137. The maximum Gasteiger partial charge on any atom is 0.407 e. The van der Waals surface area contributed by atoms with Crippen LogP contribution in [0.3, 0.4) is 0 Å². The molecule has 0 aliphatic rings. The predicted molar refractivity (Wildman–Crippen MR) is 76.3 cm³/mol. The van der Waals surface area contributed by atoms with Gasteiger partial charge in [-0.15, -0.1) is 0 Å². The minimum atomic E-state index is -0.591. The Labute approximate surface area is 118 Å². The van der Waals surface area contributed by atoms with Crippen LogP contribution in [-0.2, 0) is 4.74 Å². The van der Waals surface area contributed by atoms with E-state index in [9.17, 15) is 9.18 Å². The zero-order valence-corrected chi connectivity index (χ0v) is 12.2. The summed E-state index contributed by atoms with van der Waals surface area (Å²) in [6.45, 7) is 5.31. The van der Waals surface area contributed by atoms with Gasteiger partial charge in [0.15, 0.2) is 0 Å². The van der Waals surface area contributed by atoms with Crippen LogP contribution in [0.1, 0.15) is 26.3 Å². The molecule has 0 unspecified atom stereocenters. The van der Waals surface area contributed by atoms with Crippen molar-refractivity contribution in [1.29, 1.82) is 0 Å². The molecule has 110 valence electrons. The maximum absolute atomic E-state index is 13.0. The average Bonchev–Trinajstić information content (AvgIpc) is 2.38. The lowest BCUT2D eigenvalue weighted by molar-refractivity contribution is 0.0535. The van der Waals surface area contributed by atoms with E-state index >= 15 is 0 Å². The summed E-state index contributed by atoms with van der Waals surface area (Å²) in [5.41, 5.74) is 0.315. The van der Waals surface area contributed by atoms with Gasteiger partial charge in [-0.2, -0.15) is 0 Å². The number of carbonyl (C=O) groups is 1. The van der Waals surface area contributed by atoms with Gasteiger partial charge in [-0.1, -0.05) is 18.2 Å². The van der Waals surface area contributed by atoms with Crippen LogP contribution in [0, 0.1) is 0 Å². The monoisotopic (exact) mass is 281 g/mol. The van der Waals surface area contributed by atoms with E-state index in [-0.39, 0.29) is 6.54 Å². The van der Waals surface area contributed by atoms with Gasteiger partial charge in [0, 0.05) is 17.7 Å². The van der Waals surface area contributed by atoms with E-state index in [1.807, 2.05) is 0 Å². The molecule has 0 aliphatic carbocycles. The number of hydrogen-bond acceptors (Lipinski definition) is 3. The van der Waals surface area contributed by atoms with Crippen LogP contribution in [0.4, 0.5) is 9.18 Å². The molecule has 4 nitrogen and oxygen atoms in total. The number of amides is 1. The zero-order chi connectivity index (χ0) is 15.2. The molecule has 5 heteroatoms. The van der Waals surface area contributed by atoms with Crippen LogP contribution in [0.2, 0.25) is 0 Å². The molecule has 1 N–H and O–H groups in total. The minimum Gasteiger partial charge on any atom is -0.496 e. The van der Waals surface area contributed by atoms with Crippen LogP contribution < -0.4 is 10.1 Å². The molecule has 0 bridgehead atoms. The van der Waals surface area contributed by atoms with E-state index < -0.39 is 11.7 Å². The Morgan fingerprint density at radius 1 is 1.35 bits per heavy atom. The van der Waals surface area contributed by atoms with Crippen molar-refractivity contribution >= 4 is 11.7 Å². The van der Waals surface area contributed by atoms with Crippen molar-refractivity contribution in [2.45, 2.75) is 26.4 Å². The Balaban J connectivity index is 2.72. The molecule has 0 radical (unpaired) electrons. The van der Waals surface area contributed by atoms with Gasteiger partial charge in [-0.25, -0.2) is 9.18 Å². The fraction of sp³-hybridized carbons (Fsp3) is 0.400. The number of nitrogens with one attached hydrogen (secondary N) is 1. The molecule has 1 amide bonds. The van der Waals surface area contributed by atoms with Crippen molar-refractivity contribution in [1.82, 2.24) is 5.32 Å². The Bertz CT molecular complexity index is 492. The third-order valence-electron chi connectivity index (χ3n) is 2.41. The number of carbonyl (C=O) groups excluding carboxylic acids is 1. The van der Waals surface area contributed by atoms with E-state index in [0.29, 0.717) is 23.2 Å². The molecule has 0 aromatic heterocycles. The summed E-state index contributed by atoms with van der Waals surface area (Å²) in [6, 6.07) is 7.02. The Morgan fingerprint density at radius 3 is 2.55 bits per heavy atom. The van der Waals surface area contributed by atoms with Crippen molar-refractivity contribution < 1.29 is 18.7 Å². The maximum atomic E-state index is 13.0. The van der Waals surface area contributed by atoms with Gasteiger partial charge >= 0.3 is 6.09 Å². The van der Waals surface area contributed by atoms with Crippen LogP contribution >= 0.6 is 0 Å². The molecule has 20 heavy (non-hydrogen) atoms. The van der Waals surface area contributed by atoms with Crippen molar-refractivity contribution in [2.75, 3.05) is 13.7 Å². The first-order chi connectivity index (χ1) is 9.37. The molecule has 1 rings (SSSR count). The van der Waals surface area contributed by atoms with Gasteiger partial charge in [-0.3, -0.25) is 0 Å². The number of para-hydroxylation sites is 1. The van der Waals surface area contributed by atoms with Crippen LogP contribution in [0.25, 0.3) is 5.57 Å². The summed E-state index contributed by atoms with van der Waals surface area (Å²) >= 11 is 0. The summed E-state index contributed by atoms with van der Waals surface area (Å²) in [5.74, 6) is 0.544. The standard InChI is InChI=1S/C15H20FNO3/c1-15(2,3)20-14(18)17-10-11(9-16)12-7-5-6-8-13(12)19-4/h5-9H,10H2,1-4H3,(H,17,18)/b11-9-. The summed E-state index contributed by atoms with van der Waals surface area (Å²) in [4.78, 5) is 11.6. The van der Waals surface area contributed by atoms with Gasteiger partial charge in [0.2, 0.25) is 0 Å². The number of halogens is 1. The Morgan fingerprint density at radius 2 is 2.00 bits per heavy atom. The summed E-state index contributed by atoms with van der Waals surface area (Å²) in [7, 11) is 1.51. The van der Waals surface area contributed by atoms with Gasteiger partial charge in [0.1, 0.15) is 11.4 Å². The van der Waals surface area contributed by atoms with Crippen LogP contribution in [0.5, 0.6) is 5.75 Å². The minimum absolute atomic E-state index is 0.0196. The van der Waals surface area contributed by atoms with E-state index in [1.54, 1.807) is 45.0 Å². The molecule has 0 fully saturated rings. The molecule has 0 saturated heterocycles. The molecule has 0 saturated carbocycles. The van der Waals surface area contributed by atoms with E-state index in [4.69, 9.17) is 9.47 Å². The second-order valence-electron chi connectivity index (χ2n) is 5.19. The van der Waals surface area contributed by atoms with Crippen molar-refractivity contribution in [3.8, 4) is 5.75 Å². The summed E-state index contributed by atoms with van der Waals surface area (Å²) < 4.78 is 23.3. The number of benzene rings is 1. The number of alkyl carbamates (subject to hydrolysis) is 1. The SMILES string of the molecule is COc1ccccc1/C(=C\F)CNC(=O)OC(C)(C)C. The van der Waals surface area contributed by atoms with E-state index in [1.165, 1.54) is 7.11 Å². The second-order valence-corrected chi connectivity index (χ2v) is 5.19. The molecular formula is C15H20FNO3. The molecule has 0 spiro atoms. The number of rotatable bonds is 4. The smallest absolute Gasteiger partial charge is 0.407 e. The van der Waals surface area contributed by atoms with Crippen molar-refractivity contribution in [2.24, 2.45) is 0 Å². The zero-order valence-electron chi connectivity index (χ0n) is 12.2.